The summed E-state index contributed by atoms with van der Waals surface area (Å²) >= 11 is 3.11. The molecule has 0 fully saturated rings. The fourth-order valence-electron chi connectivity index (χ4n) is 0.986. The van der Waals surface area contributed by atoms with Crippen molar-refractivity contribution in [3.63, 3.8) is 0 Å². The van der Waals surface area contributed by atoms with E-state index in [-0.39, 0.29) is 16.5 Å². The van der Waals surface area contributed by atoms with Crippen molar-refractivity contribution >= 4 is 27.5 Å². The number of hydrogen-bond donors (Lipinski definition) is 1. The summed E-state index contributed by atoms with van der Waals surface area (Å²) in [7, 11) is 1.39. The molecule has 1 amide bonds. The largest absolute Gasteiger partial charge is 0.494 e. The molecule has 1 unspecified atom stereocenters. The number of benzene rings is 1. The quantitative estimate of drug-likeness (QED) is 0.862. The van der Waals surface area contributed by atoms with Gasteiger partial charge in [0.2, 0.25) is 5.91 Å². The fourth-order valence-corrected chi connectivity index (χ4v) is 1.10. The number of alkyl halides is 1. The SMILES string of the molecule is COc1ccc(NC(=O)C(C)Br)cc1F. The first-order valence-electron chi connectivity index (χ1n) is 4.33. The van der Waals surface area contributed by atoms with E-state index < -0.39 is 5.82 Å². The summed E-state index contributed by atoms with van der Waals surface area (Å²) in [6.45, 7) is 1.69. The molecular weight excluding hydrogens is 265 g/mol. The van der Waals surface area contributed by atoms with Crippen LogP contribution in [0.4, 0.5) is 10.1 Å². The number of halogens is 2. The van der Waals surface area contributed by atoms with Crippen LogP contribution in [0.1, 0.15) is 6.92 Å². The normalized spacial score (nSPS) is 12.0. The van der Waals surface area contributed by atoms with Gasteiger partial charge in [0.05, 0.1) is 11.9 Å². The first-order valence-corrected chi connectivity index (χ1v) is 5.24. The van der Waals surface area contributed by atoms with Gasteiger partial charge in [0.15, 0.2) is 11.6 Å². The van der Waals surface area contributed by atoms with E-state index in [2.05, 4.69) is 21.2 Å². The van der Waals surface area contributed by atoms with Crippen LogP contribution in [-0.4, -0.2) is 17.8 Å². The summed E-state index contributed by atoms with van der Waals surface area (Å²) in [5.74, 6) is -0.572. The maximum absolute atomic E-state index is 13.2. The van der Waals surface area contributed by atoms with Gasteiger partial charge in [0, 0.05) is 11.8 Å². The molecule has 1 rings (SSSR count). The zero-order valence-corrected chi connectivity index (χ0v) is 9.97. The molecule has 0 aliphatic heterocycles. The van der Waals surface area contributed by atoms with E-state index >= 15 is 0 Å². The van der Waals surface area contributed by atoms with Gasteiger partial charge in [0.1, 0.15) is 0 Å². The Labute approximate surface area is 95.7 Å². The summed E-state index contributed by atoms with van der Waals surface area (Å²) in [5, 5.41) is 2.55. The van der Waals surface area contributed by atoms with E-state index in [1.165, 1.54) is 19.2 Å². The third-order valence-electron chi connectivity index (χ3n) is 1.78. The summed E-state index contributed by atoms with van der Waals surface area (Å²) < 4.78 is 18.0. The van der Waals surface area contributed by atoms with Crippen molar-refractivity contribution in [2.75, 3.05) is 12.4 Å². The average Bonchev–Trinajstić information content (AvgIpc) is 2.18. The first kappa shape index (κ1) is 12.0. The molecule has 1 aromatic carbocycles. The van der Waals surface area contributed by atoms with Crippen molar-refractivity contribution in [3.05, 3.63) is 24.0 Å². The predicted molar refractivity (Wildman–Crippen MR) is 60.0 cm³/mol. The monoisotopic (exact) mass is 275 g/mol. The molecule has 15 heavy (non-hydrogen) atoms. The Morgan fingerprint density at radius 1 is 1.60 bits per heavy atom. The highest BCUT2D eigenvalue weighted by Crippen LogP contribution is 2.20. The number of ether oxygens (including phenoxy) is 1. The Bertz CT molecular complexity index is 368. The molecule has 0 saturated heterocycles. The number of rotatable bonds is 3. The summed E-state index contributed by atoms with van der Waals surface area (Å²) in [6.07, 6.45) is 0. The summed E-state index contributed by atoms with van der Waals surface area (Å²) in [4.78, 5) is 10.9. The molecule has 1 N–H and O–H groups in total. The van der Waals surface area contributed by atoms with Gasteiger partial charge in [0.25, 0.3) is 0 Å². The van der Waals surface area contributed by atoms with E-state index in [1.54, 1.807) is 13.0 Å². The minimum absolute atomic E-state index is 0.153. The Hall–Kier alpha value is -1.10. The highest BCUT2D eigenvalue weighted by molar-refractivity contribution is 9.10. The lowest BCUT2D eigenvalue weighted by Crippen LogP contribution is -2.19. The van der Waals surface area contributed by atoms with E-state index in [1.807, 2.05) is 0 Å². The van der Waals surface area contributed by atoms with Crippen LogP contribution in [0.25, 0.3) is 0 Å². The van der Waals surface area contributed by atoms with Crippen molar-refractivity contribution in [3.8, 4) is 5.75 Å². The third-order valence-corrected chi connectivity index (χ3v) is 2.20. The Morgan fingerprint density at radius 2 is 2.27 bits per heavy atom. The van der Waals surface area contributed by atoms with Gasteiger partial charge in [-0.05, 0) is 19.1 Å². The number of nitrogens with one attached hydrogen (secondary N) is 1. The second kappa shape index (κ2) is 5.11. The molecule has 0 aromatic heterocycles. The Morgan fingerprint density at radius 3 is 2.73 bits per heavy atom. The predicted octanol–water partition coefficient (Wildman–Crippen LogP) is 2.56. The van der Waals surface area contributed by atoms with E-state index in [0.717, 1.165) is 0 Å². The topological polar surface area (TPSA) is 38.3 Å². The second-order valence-electron chi connectivity index (χ2n) is 2.95. The molecule has 0 spiro atoms. The van der Waals surface area contributed by atoms with Crippen LogP contribution in [0.2, 0.25) is 0 Å². The molecule has 1 atom stereocenters. The van der Waals surface area contributed by atoms with Gasteiger partial charge in [-0.15, -0.1) is 0 Å². The van der Waals surface area contributed by atoms with Crippen LogP contribution in [0.15, 0.2) is 18.2 Å². The fraction of sp³-hybridized carbons (Fsp3) is 0.300. The van der Waals surface area contributed by atoms with Crippen molar-refractivity contribution < 1.29 is 13.9 Å². The lowest BCUT2D eigenvalue weighted by Gasteiger charge is -2.08. The highest BCUT2D eigenvalue weighted by atomic mass is 79.9. The lowest BCUT2D eigenvalue weighted by molar-refractivity contribution is -0.115. The van der Waals surface area contributed by atoms with Crippen LogP contribution in [0.3, 0.4) is 0 Å². The molecular formula is C10H11BrFNO2. The minimum Gasteiger partial charge on any atom is -0.494 e. The number of methoxy groups -OCH3 is 1. The Kier molecular flexibility index (Phi) is 4.08. The zero-order valence-electron chi connectivity index (χ0n) is 8.38. The first-order chi connectivity index (χ1) is 7.04. The number of carbonyl (C=O) groups excluding carboxylic acids is 1. The molecule has 0 heterocycles. The van der Waals surface area contributed by atoms with Crippen LogP contribution >= 0.6 is 15.9 Å². The number of hydrogen-bond acceptors (Lipinski definition) is 2. The van der Waals surface area contributed by atoms with Gasteiger partial charge in [-0.25, -0.2) is 4.39 Å². The van der Waals surface area contributed by atoms with Gasteiger partial charge in [-0.1, -0.05) is 15.9 Å². The third kappa shape index (κ3) is 3.20. The number of amides is 1. The molecule has 0 saturated carbocycles. The van der Waals surface area contributed by atoms with Crippen LogP contribution < -0.4 is 10.1 Å². The van der Waals surface area contributed by atoms with Crippen molar-refractivity contribution in [2.24, 2.45) is 0 Å². The van der Waals surface area contributed by atoms with Gasteiger partial charge >= 0.3 is 0 Å². The van der Waals surface area contributed by atoms with Crippen molar-refractivity contribution in [1.29, 1.82) is 0 Å². The molecule has 0 radical (unpaired) electrons. The van der Waals surface area contributed by atoms with Gasteiger partial charge < -0.3 is 10.1 Å². The van der Waals surface area contributed by atoms with Gasteiger partial charge in [-0.2, -0.15) is 0 Å². The van der Waals surface area contributed by atoms with E-state index in [4.69, 9.17) is 4.74 Å². The zero-order chi connectivity index (χ0) is 11.4. The minimum atomic E-state index is -0.502. The lowest BCUT2D eigenvalue weighted by atomic mass is 10.3. The van der Waals surface area contributed by atoms with E-state index in [9.17, 15) is 9.18 Å². The molecule has 0 aliphatic rings. The summed E-state index contributed by atoms with van der Waals surface area (Å²) in [6, 6.07) is 4.26. The van der Waals surface area contributed by atoms with Crippen LogP contribution in [0, 0.1) is 5.82 Å². The molecule has 82 valence electrons. The molecule has 5 heteroatoms. The highest BCUT2D eigenvalue weighted by Gasteiger charge is 2.10. The van der Waals surface area contributed by atoms with Crippen molar-refractivity contribution in [2.45, 2.75) is 11.8 Å². The summed E-state index contributed by atoms with van der Waals surface area (Å²) in [5.41, 5.74) is 0.407. The standard InChI is InChI=1S/C10H11BrFNO2/c1-6(11)10(14)13-7-3-4-9(15-2)8(12)5-7/h3-6H,1-2H3,(H,13,14). The van der Waals surface area contributed by atoms with Crippen LogP contribution in [-0.2, 0) is 4.79 Å². The molecule has 0 bridgehead atoms. The Balaban J connectivity index is 2.80. The number of carbonyl (C=O) groups is 1. The second-order valence-corrected chi connectivity index (χ2v) is 4.33. The van der Waals surface area contributed by atoms with Crippen LogP contribution in [0.5, 0.6) is 5.75 Å². The smallest absolute Gasteiger partial charge is 0.237 e. The van der Waals surface area contributed by atoms with E-state index in [0.29, 0.717) is 5.69 Å². The molecule has 0 aliphatic carbocycles. The van der Waals surface area contributed by atoms with Gasteiger partial charge in [-0.3, -0.25) is 4.79 Å². The number of anilines is 1. The maximum atomic E-state index is 13.2. The molecule has 1 aromatic rings. The van der Waals surface area contributed by atoms with Crippen molar-refractivity contribution in [1.82, 2.24) is 0 Å². The average molecular weight is 276 g/mol. The molecule has 3 nitrogen and oxygen atoms in total. The maximum Gasteiger partial charge on any atom is 0.237 e.